The number of carboxylic acid groups (broad SMARTS) is 1. The van der Waals surface area contributed by atoms with Crippen molar-refractivity contribution in [3.8, 4) is 11.3 Å². The Hall–Kier alpha value is -4.01. The van der Waals surface area contributed by atoms with E-state index >= 15 is 0 Å². The molecule has 1 heterocycles. The third-order valence-corrected chi connectivity index (χ3v) is 6.82. The topological polar surface area (TPSA) is 108 Å². The SMILES string of the molecule is O=C(O)[C@@H](Cc1ccccc1)NCc1nc(-c2ccccc2)ccc1NS(=O)(=O)c1ccccc1. The molecule has 0 bridgehead atoms. The van der Waals surface area contributed by atoms with Crippen LogP contribution in [-0.2, 0) is 27.8 Å². The number of hydrogen-bond acceptors (Lipinski definition) is 5. The number of carbonyl (C=O) groups is 1. The fraction of sp³-hybridized carbons (Fsp3) is 0.111. The van der Waals surface area contributed by atoms with E-state index in [1.165, 1.54) is 12.1 Å². The van der Waals surface area contributed by atoms with E-state index in [9.17, 15) is 18.3 Å². The average Bonchev–Trinajstić information content (AvgIpc) is 2.88. The predicted octanol–water partition coefficient (Wildman–Crippen LogP) is 4.33. The smallest absolute Gasteiger partial charge is 0.321 e. The van der Waals surface area contributed by atoms with Crippen molar-refractivity contribution in [2.75, 3.05) is 4.72 Å². The molecule has 4 aromatic rings. The Morgan fingerprint density at radius 1 is 0.829 bits per heavy atom. The molecule has 0 amide bonds. The van der Waals surface area contributed by atoms with Crippen molar-refractivity contribution in [2.24, 2.45) is 0 Å². The number of pyridine rings is 1. The van der Waals surface area contributed by atoms with Gasteiger partial charge in [-0.3, -0.25) is 14.8 Å². The van der Waals surface area contributed by atoms with Crippen molar-refractivity contribution in [1.82, 2.24) is 10.3 Å². The van der Waals surface area contributed by atoms with E-state index in [1.807, 2.05) is 60.7 Å². The third-order valence-electron chi connectivity index (χ3n) is 5.44. The first-order chi connectivity index (χ1) is 16.9. The molecule has 1 aromatic heterocycles. The van der Waals surface area contributed by atoms with Crippen molar-refractivity contribution in [1.29, 1.82) is 0 Å². The zero-order valence-electron chi connectivity index (χ0n) is 18.8. The normalized spacial score (nSPS) is 12.1. The number of hydrogen-bond donors (Lipinski definition) is 3. The molecule has 0 radical (unpaired) electrons. The fourth-order valence-corrected chi connectivity index (χ4v) is 4.73. The maximum atomic E-state index is 12.9. The molecule has 178 valence electrons. The highest BCUT2D eigenvalue weighted by Gasteiger charge is 2.21. The third kappa shape index (κ3) is 6.32. The molecule has 8 heteroatoms. The molecule has 3 aromatic carbocycles. The van der Waals surface area contributed by atoms with E-state index in [0.29, 0.717) is 11.4 Å². The van der Waals surface area contributed by atoms with Gasteiger partial charge in [0.05, 0.1) is 22.0 Å². The molecule has 0 spiro atoms. The molecule has 7 nitrogen and oxygen atoms in total. The largest absolute Gasteiger partial charge is 0.480 e. The highest BCUT2D eigenvalue weighted by Crippen LogP contribution is 2.24. The van der Waals surface area contributed by atoms with Gasteiger partial charge in [0.15, 0.2) is 0 Å². The lowest BCUT2D eigenvalue weighted by Crippen LogP contribution is -2.38. The van der Waals surface area contributed by atoms with E-state index in [2.05, 4.69) is 15.0 Å². The lowest BCUT2D eigenvalue weighted by atomic mass is 10.1. The van der Waals surface area contributed by atoms with Gasteiger partial charge in [-0.1, -0.05) is 78.9 Å². The number of benzene rings is 3. The van der Waals surface area contributed by atoms with Gasteiger partial charge in [0.1, 0.15) is 6.04 Å². The first kappa shape index (κ1) is 24.1. The van der Waals surface area contributed by atoms with Gasteiger partial charge in [-0.15, -0.1) is 0 Å². The van der Waals surface area contributed by atoms with Gasteiger partial charge in [-0.25, -0.2) is 13.4 Å². The second kappa shape index (κ2) is 10.9. The van der Waals surface area contributed by atoms with Gasteiger partial charge < -0.3 is 5.11 Å². The van der Waals surface area contributed by atoms with Crippen molar-refractivity contribution in [3.05, 3.63) is 114 Å². The average molecular weight is 488 g/mol. The van der Waals surface area contributed by atoms with Crippen LogP contribution in [0.15, 0.2) is 108 Å². The van der Waals surface area contributed by atoms with Gasteiger partial charge in [-0.05, 0) is 36.2 Å². The number of carboxylic acids is 1. The summed E-state index contributed by atoms with van der Waals surface area (Å²) < 4.78 is 28.5. The van der Waals surface area contributed by atoms with Gasteiger partial charge in [0, 0.05) is 12.1 Å². The van der Waals surface area contributed by atoms with E-state index in [4.69, 9.17) is 0 Å². The van der Waals surface area contributed by atoms with E-state index in [-0.39, 0.29) is 23.5 Å². The predicted molar refractivity (Wildman–Crippen MR) is 135 cm³/mol. The summed E-state index contributed by atoms with van der Waals surface area (Å²) in [6, 6.07) is 29.4. The van der Waals surface area contributed by atoms with Gasteiger partial charge in [-0.2, -0.15) is 0 Å². The Kier molecular flexibility index (Phi) is 7.54. The Morgan fingerprint density at radius 3 is 2.06 bits per heavy atom. The van der Waals surface area contributed by atoms with Crippen LogP contribution in [0.2, 0.25) is 0 Å². The molecular weight excluding hydrogens is 462 g/mol. The van der Waals surface area contributed by atoms with Crippen molar-refractivity contribution in [2.45, 2.75) is 23.9 Å². The van der Waals surface area contributed by atoms with Gasteiger partial charge >= 0.3 is 5.97 Å². The first-order valence-electron chi connectivity index (χ1n) is 11.1. The molecule has 0 aliphatic rings. The summed E-state index contributed by atoms with van der Waals surface area (Å²) in [6.07, 6.45) is 0.277. The maximum absolute atomic E-state index is 12.9. The molecule has 0 aliphatic heterocycles. The molecular formula is C27H25N3O4S. The Labute approximate surface area is 204 Å². The second-order valence-corrected chi connectivity index (χ2v) is 9.62. The number of nitrogens with one attached hydrogen (secondary N) is 2. The Balaban J connectivity index is 1.63. The van der Waals surface area contributed by atoms with Crippen LogP contribution in [0, 0.1) is 0 Å². The first-order valence-corrected chi connectivity index (χ1v) is 12.5. The zero-order chi connectivity index (χ0) is 24.7. The van der Waals surface area contributed by atoms with Crippen LogP contribution in [0.4, 0.5) is 5.69 Å². The summed E-state index contributed by atoms with van der Waals surface area (Å²) in [7, 11) is -3.85. The maximum Gasteiger partial charge on any atom is 0.321 e. The minimum Gasteiger partial charge on any atom is -0.480 e. The summed E-state index contributed by atoms with van der Waals surface area (Å²) in [4.78, 5) is 16.7. The van der Waals surface area contributed by atoms with E-state index < -0.39 is 22.0 Å². The fourth-order valence-electron chi connectivity index (χ4n) is 3.62. The van der Waals surface area contributed by atoms with Gasteiger partial charge in [0.2, 0.25) is 0 Å². The van der Waals surface area contributed by atoms with Crippen LogP contribution in [-0.4, -0.2) is 30.5 Å². The molecule has 0 unspecified atom stereocenters. The standard InChI is InChI=1S/C27H25N3O4S/c31-27(32)25(18-20-10-4-1-5-11-20)28-19-26-24(30-35(33,34)22-14-8-3-9-15-22)17-16-23(29-26)21-12-6-2-7-13-21/h1-17,25,28,30H,18-19H2,(H,31,32)/t25-/m1/s1. The van der Waals surface area contributed by atoms with Crippen LogP contribution >= 0.6 is 0 Å². The van der Waals surface area contributed by atoms with Crippen LogP contribution in [0.5, 0.6) is 0 Å². The van der Waals surface area contributed by atoms with Crippen LogP contribution in [0.1, 0.15) is 11.3 Å². The van der Waals surface area contributed by atoms with Crippen LogP contribution in [0.25, 0.3) is 11.3 Å². The number of rotatable bonds is 10. The Bertz CT molecular complexity index is 1380. The summed E-state index contributed by atoms with van der Waals surface area (Å²) in [5, 5.41) is 12.8. The van der Waals surface area contributed by atoms with Crippen LogP contribution < -0.4 is 10.0 Å². The lowest BCUT2D eigenvalue weighted by Gasteiger charge is -2.17. The molecule has 0 aliphatic carbocycles. The van der Waals surface area contributed by atoms with Crippen molar-refractivity contribution >= 4 is 21.7 Å². The number of sulfonamides is 1. The zero-order valence-corrected chi connectivity index (χ0v) is 19.7. The molecule has 0 saturated carbocycles. The number of aromatic nitrogens is 1. The van der Waals surface area contributed by atoms with Crippen molar-refractivity contribution in [3.63, 3.8) is 0 Å². The number of nitrogens with zero attached hydrogens (tertiary/aromatic N) is 1. The van der Waals surface area contributed by atoms with Crippen molar-refractivity contribution < 1.29 is 18.3 Å². The minimum atomic E-state index is -3.85. The summed E-state index contributed by atoms with van der Waals surface area (Å²) in [6.45, 7) is 0.0527. The molecule has 35 heavy (non-hydrogen) atoms. The number of aliphatic carboxylic acids is 1. The monoisotopic (exact) mass is 487 g/mol. The lowest BCUT2D eigenvalue weighted by molar-refractivity contribution is -0.139. The molecule has 0 saturated heterocycles. The summed E-state index contributed by atoms with van der Waals surface area (Å²) >= 11 is 0. The minimum absolute atomic E-state index is 0.0527. The second-order valence-electron chi connectivity index (χ2n) is 7.94. The summed E-state index contributed by atoms with van der Waals surface area (Å²) in [5.41, 5.74) is 3.07. The Morgan fingerprint density at radius 2 is 1.43 bits per heavy atom. The molecule has 0 fully saturated rings. The highest BCUT2D eigenvalue weighted by molar-refractivity contribution is 7.92. The quantitative estimate of drug-likeness (QED) is 0.307. The van der Waals surface area contributed by atoms with Crippen LogP contribution in [0.3, 0.4) is 0 Å². The molecule has 3 N–H and O–H groups in total. The molecule has 4 rings (SSSR count). The highest BCUT2D eigenvalue weighted by atomic mass is 32.2. The van der Waals surface area contributed by atoms with Gasteiger partial charge in [0.25, 0.3) is 10.0 Å². The van der Waals surface area contributed by atoms with E-state index in [0.717, 1.165) is 11.1 Å². The molecule has 1 atom stereocenters. The number of anilines is 1. The van der Waals surface area contributed by atoms with E-state index in [1.54, 1.807) is 30.3 Å². The summed E-state index contributed by atoms with van der Waals surface area (Å²) in [5.74, 6) is -1.00.